The van der Waals surface area contributed by atoms with Crippen molar-refractivity contribution in [1.82, 2.24) is 29.5 Å². The lowest BCUT2D eigenvalue weighted by atomic mass is 9.80. The number of amides is 2. The second-order valence-electron chi connectivity index (χ2n) is 10.8. The zero-order valence-corrected chi connectivity index (χ0v) is 22.5. The molecule has 10 nitrogen and oxygen atoms in total. The summed E-state index contributed by atoms with van der Waals surface area (Å²) in [6.45, 7) is 0.774. The van der Waals surface area contributed by atoms with E-state index < -0.39 is 42.3 Å². The Bertz CT molecular complexity index is 1700. The van der Waals surface area contributed by atoms with Gasteiger partial charge in [0.05, 0.1) is 5.56 Å². The zero-order valence-electron chi connectivity index (χ0n) is 22.5. The highest BCUT2D eigenvalue weighted by Crippen LogP contribution is 2.44. The number of hydrogen-bond acceptors (Lipinski definition) is 7. The number of fused-ring (bicyclic) bond motifs is 1. The van der Waals surface area contributed by atoms with E-state index in [1.54, 1.807) is 21.5 Å². The molecule has 6 rings (SSSR count). The Morgan fingerprint density at radius 2 is 1.81 bits per heavy atom. The van der Waals surface area contributed by atoms with Crippen LogP contribution >= 0.6 is 0 Å². The molecule has 0 radical (unpaired) electrons. The van der Waals surface area contributed by atoms with Crippen molar-refractivity contribution >= 4 is 29.0 Å². The number of pyridine rings is 1. The fourth-order valence-corrected chi connectivity index (χ4v) is 5.57. The molecule has 2 amide bonds. The number of likely N-dealkylation sites (tertiary alicyclic amines) is 1. The maximum absolute atomic E-state index is 13.4. The van der Waals surface area contributed by atoms with Gasteiger partial charge in [0, 0.05) is 55.1 Å². The SMILES string of the molecule is Nc1ncnn2c([C@@H]3CCCN(C(=O)C4CC(F)(F)C4)C3)nc(-c3ccc(C(=O)Nc4cc(C(F)(F)F)ccn4)cc3)c12. The fourth-order valence-electron chi connectivity index (χ4n) is 5.57. The van der Waals surface area contributed by atoms with Crippen LogP contribution in [-0.2, 0) is 11.0 Å². The Balaban J connectivity index is 1.24. The molecule has 43 heavy (non-hydrogen) atoms. The van der Waals surface area contributed by atoms with Crippen LogP contribution in [0.2, 0.25) is 0 Å². The Kier molecular flexibility index (Phi) is 6.97. The number of carbonyl (C=O) groups excluding carboxylic acids is 2. The number of benzene rings is 1. The lowest BCUT2D eigenvalue weighted by Crippen LogP contribution is -2.49. The highest BCUT2D eigenvalue weighted by atomic mass is 19.4. The molecule has 2 fully saturated rings. The van der Waals surface area contributed by atoms with Crippen molar-refractivity contribution in [3.05, 3.63) is 65.9 Å². The van der Waals surface area contributed by atoms with Gasteiger partial charge in [-0.3, -0.25) is 9.59 Å². The molecule has 4 aromatic rings. The molecule has 15 heteroatoms. The first-order valence-corrected chi connectivity index (χ1v) is 13.5. The van der Waals surface area contributed by atoms with Crippen molar-refractivity contribution < 1.29 is 31.5 Å². The van der Waals surface area contributed by atoms with E-state index in [4.69, 9.17) is 10.7 Å². The van der Waals surface area contributed by atoms with Crippen molar-refractivity contribution in [3.63, 3.8) is 0 Å². The normalized spacial score (nSPS) is 18.8. The number of rotatable bonds is 5. The maximum atomic E-state index is 13.4. The van der Waals surface area contributed by atoms with Crippen LogP contribution < -0.4 is 11.1 Å². The van der Waals surface area contributed by atoms with Gasteiger partial charge in [-0.15, -0.1) is 0 Å². The third-order valence-corrected chi connectivity index (χ3v) is 7.77. The van der Waals surface area contributed by atoms with Gasteiger partial charge in [-0.1, -0.05) is 12.1 Å². The molecule has 1 atom stereocenters. The third-order valence-electron chi connectivity index (χ3n) is 7.77. The number of nitrogens with two attached hydrogens (primary N) is 1. The number of nitrogen functional groups attached to an aromatic ring is 1. The van der Waals surface area contributed by atoms with Crippen LogP contribution in [0.15, 0.2) is 48.9 Å². The van der Waals surface area contributed by atoms with Crippen LogP contribution in [0.5, 0.6) is 0 Å². The predicted molar refractivity (Wildman–Crippen MR) is 144 cm³/mol. The molecule has 0 spiro atoms. The average molecular weight is 601 g/mol. The molecule has 2 aliphatic rings. The van der Waals surface area contributed by atoms with Crippen LogP contribution in [0.1, 0.15) is 53.3 Å². The maximum Gasteiger partial charge on any atom is 0.416 e. The molecule has 1 saturated carbocycles. The molecular weight excluding hydrogens is 575 g/mol. The van der Waals surface area contributed by atoms with Crippen LogP contribution in [0, 0.1) is 5.92 Å². The Morgan fingerprint density at radius 3 is 2.51 bits per heavy atom. The minimum absolute atomic E-state index is 0.154. The smallest absolute Gasteiger partial charge is 0.382 e. The third kappa shape index (κ3) is 5.58. The molecular formula is C28H25F5N8O2. The van der Waals surface area contributed by atoms with Crippen molar-refractivity contribution in [2.24, 2.45) is 5.92 Å². The molecule has 1 aromatic carbocycles. The monoisotopic (exact) mass is 600 g/mol. The van der Waals surface area contributed by atoms with E-state index in [0.29, 0.717) is 48.5 Å². The van der Waals surface area contributed by atoms with Crippen molar-refractivity contribution in [2.45, 2.75) is 43.7 Å². The van der Waals surface area contributed by atoms with Gasteiger partial charge in [0.15, 0.2) is 5.82 Å². The second-order valence-corrected chi connectivity index (χ2v) is 10.8. The molecule has 0 bridgehead atoms. The molecule has 3 N–H and O–H groups in total. The zero-order chi connectivity index (χ0) is 30.5. The molecule has 0 unspecified atom stereocenters. The Hall–Kier alpha value is -4.69. The quantitative estimate of drug-likeness (QED) is 0.315. The standard InChI is InChI=1S/C28H25F5N8O2/c29-27(30)11-18(12-27)26(43)40-9-1-2-17(13-40)24-39-21(22-23(34)36-14-37-41(22)24)15-3-5-16(6-4-15)25(42)38-20-10-19(7-8-35-20)28(31,32)33/h3-8,10,14,17-18H,1-2,9,11-13H2,(H2,34,36,37)(H,35,38,42)/t17-/m1/s1. The molecule has 3 aromatic heterocycles. The van der Waals surface area contributed by atoms with Crippen molar-refractivity contribution in [1.29, 1.82) is 0 Å². The number of piperidine rings is 1. The van der Waals surface area contributed by atoms with Crippen LogP contribution in [-0.4, -0.2) is 60.3 Å². The highest BCUT2D eigenvalue weighted by molar-refractivity contribution is 6.04. The topological polar surface area (TPSA) is 131 Å². The number of aromatic nitrogens is 5. The number of carbonyl (C=O) groups is 2. The Morgan fingerprint density at radius 1 is 1.07 bits per heavy atom. The van der Waals surface area contributed by atoms with Gasteiger partial charge in [-0.25, -0.2) is 28.2 Å². The summed E-state index contributed by atoms with van der Waals surface area (Å²) in [4.78, 5) is 39.9. The summed E-state index contributed by atoms with van der Waals surface area (Å²) in [5.41, 5.74) is 6.86. The summed E-state index contributed by atoms with van der Waals surface area (Å²) in [6.07, 6.45) is -1.85. The fraction of sp³-hybridized carbons (Fsp3) is 0.357. The predicted octanol–water partition coefficient (Wildman–Crippen LogP) is 4.79. The van der Waals surface area contributed by atoms with Crippen LogP contribution in [0.25, 0.3) is 16.8 Å². The van der Waals surface area contributed by atoms with E-state index in [2.05, 4.69) is 20.4 Å². The molecule has 1 aliphatic heterocycles. The van der Waals surface area contributed by atoms with Gasteiger partial charge in [0.2, 0.25) is 11.8 Å². The molecule has 4 heterocycles. The summed E-state index contributed by atoms with van der Waals surface area (Å²) in [5.74, 6) is -4.20. The van der Waals surface area contributed by atoms with Gasteiger partial charge in [0.25, 0.3) is 5.91 Å². The number of halogens is 5. The first-order chi connectivity index (χ1) is 20.4. The Labute approximate surface area is 241 Å². The van der Waals surface area contributed by atoms with Gasteiger partial charge in [-0.05, 0) is 37.1 Å². The van der Waals surface area contributed by atoms with Gasteiger partial charge in [-0.2, -0.15) is 18.3 Å². The number of hydrogen-bond donors (Lipinski definition) is 2. The highest BCUT2D eigenvalue weighted by Gasteiger charge is 2.50. The van der Waals surface area contributed by atoms with Crippen LogP contribution in [0.3, 0.4) is 0 Å². The first-order valence-electron chi connectivity index (χ1n) is 13.5. The number of nitrogens with zero attached hydrogens (tertiary/aromatic N) is 6. The largest absolute Gasteiger partial charge is 0.416 e. The number of anilines is 2. The molecule has 1 aliphatic carbocycles. The summed E-state index contributed by atoms with van der Waals surface area (Å²) in [5, 5.41) is 6.71. The van der Waals surface area contributed by atoms with Gasteiger partial charge >= 0.3 is 6.18 Å². The molecule has 1 saturated heterocycles. The van der Waals surface area contributed by atoms with Crippen molar-refractivity contribution in [3.8, 4) is 11.3 Å². The lowest BCUT2D eigenvalue weighted by Gasteiger charge is -2.40. The van der Waals surface area contributed by atoms with Crippen molar-refractivity contribution in [2.75, 3.05) is 24.1 Å². The molecule has 224 valence electrons. The number of nitrogens with one attached hydrogen (secondary N) is 1. The summed E-state index contributed by atoms with van der Waals surface area (Å²) >= 11 is 0. The summed E-state index contributed by atoms with van der Waals surface area (Å²) in [6, 6.07) is 7.74. The van der Waals surface area contributed by atoms with E-state index in [1.807, 2.05) is 0 Å². The minimum atomic E-state index is -4.58. The second kappa shape index (κ2) is 10.5. The van der Waals surface area contributed by atoms with E-state index in [0.717, 1.165) is 18.3 Å². The summed E-state index contributed by atoms with van der Waals surface area (Å²) in [7, 11) is 0. The number of imidazole rings is 1. The van der Waals surface area contributed by atoms with Gasteiger partial charge in [0.1, 0.15) is 29.2 Å². The van der Waals surface area contributed by atoms with E-state index in [9.17, 15) is 31.5 Å². The lowest BCUT2D eigenvalue weighted by molar-refractivity contribution is -0.160. The van der Waals surface area contributed by atoms with E-state index in [1.165, 1.54) is 18.5 Å². The number of alkyl halides is 5. The average Bonchev–Trinajstić information content (AvgIpc) is 3.36. The first kappa shape index (κ1) is 28.4. The van der Waals surface area contributed by atoms with E-state index in [-0.39, 0.29) is 29.0 Å². The van der Waals surface area contributed by atoms with Gasteiger partial charge < -0.3 is 16.0 Å². The van der Waals surface area contributed by atoms with E-state index >= 15 is 0 Å². The minimum Gasteiger partial charge on any atom is -0.382 e. The summed E-state index contributed by atoms with van der Waals surface area (Å²) < 4.78 is 67.4. The van der Waals surface area contributed by atoms with Crippen LogP contribution in [0.4, 0.5) is 33.6 Å².